The van der Waals surface area contributed by atoms with Crippen LogP contribution in [-0.4, -0.2) is 36.6 Å². The Hall–Kier alpha value is -2.13. The molecule has 2 aliphatic rings. The van der Waals surface area contributed by atoms with Crippen molar-refractivity contribution in [2.24, 2.45) is 0 Å². The summed E-state index contributed by atoms with van der Waals surface area (Å²) < 4.78 is 5.80. The average molecular weight is 287 g/mol. The highest BCUT2D eigenvalue weighted by molar-refractivity contribution is 5.56. The molecule has 3 rings (SSSR count). The molecule has 1 saturated heterocycles. The van der Waals surface area contributed by atoms with Crippen LogP contribution in [0.1, 0.15) is 24.0 Å². The summed E-state index contributed by atoms with van der Waals surface area (Å²) in [4.78, 5) is 13.1. The van der Waals surface area contributed by atoms with Crippen molar-refractivity contribution in [1.82, 2.24) is 4.90 Å². The molecule has 0 unspecified atom stereocenters. The number of ether oxygens (including phenoxy) is 1. The summed E-state index contributed by atoms with van der Waals surface area (Å²) in [6, 6.07) is 5.30. The van der Waals surface area contributed by atoms with E-state index in [1.807, 2.05) is 6.07 Å². The highest BCUT2D eigenvalue weighted by atomic mass is 16.6. The molecule has 1 fully saturated rings. The minimum atomic E-state index is -0.395. The van der Waals surface area contributed by atoms with Crippen LogP contribution in [0.15, 0.2) is 12.1 Å². The third kappa shape index (κ3) is 2.24. The Balaban J connectivity index is 2.05. The number of rotatable bonds is 2. The molecule has 0 aromatic heterocycles. The molecule has 2 heterocycles. The molecular formula is C15H17N3O3. The Bertz CT molecular complexity index is 628. The molecule has 6 nitrogen and oxygen atoms in total. The molecule has 6 heteroatoms. The van der Waals surface area contributed by atoms with Gasteiger partial charge in [-0.15, -0.1) is 0 Å². The summed E-state index contributed by atoms with van der Waals surface area (Å²) >= 11 is 0. The van der Waals surface area contributed by atoms with E-state index < -0.39 is 4.92 Å². The number of nitrogens with zero attached hydrogens (tertiary/aromatic N) is 3. The van der Waals surface area contributed by atoms with E-state index in [1.165, 1.54) is 0 Å². The third-order valence-electron chi connectivity index (χ3n) is 4.67. The maximum absolute atomic E-state index is 11.3. The lowest BCUT2D eigenvalue weighted by Crippen LogP contribution is -2.41. The number of piperidine rings is 1. The van der Waals surface area contributed by atoms with E-state index in [-0.39, 0.29) is 17.5 Å². The average Bonchev–Trinajstić information content (AvgIpc) is 2.80. The predicted molar refractivity (Wildman–Crippen MR) is 76.3 cm³/mol. The number of hydrogen-bond acceptors (Lipinski definition) is 5. The van der Waals surface area contributed by atoms with Crippen molar-refractivity contribution in [3.8, 4) is 11.8 Å². The number of nitro groups is 1. The summed E-state index contributed by atoms with van der Waals surface area (Å²) in [5.41, 5.74) is 1.33. The van der Waals surface area contributed by atoms with Crippen LogP contribution in [0.5, 0.6) is 5.75 Å². The van der Waals surface area contributed by atoms with Gasteiger partial charge in [-0.1, -0.05) is 0 Å². The lowest BCUT2D eigenvalue weighted by Gasteiger charge is -2.36. The SMILES string of the molecule is CN1CCC2(CC1)COc1cc(CC#N)c([N+](=O)[O-])cc12. The first-order valence-corrected chi connectivity index (χ1v) is 7.06. The van der Waals surface area contributed by atoms with Gasteiger partial charge >= 0.3 is 0 Å². The van der Waals surface area contributed by atoms with Crippen molar-refractivity contribution in [2.75, 3.05) is 26.7 Å². The molecule has 21 heavy (non-hydrogen) atoms. The molecule has 1 aromatic rings. The van der Waals surface area contributed by atoms with Crippen molar-refractivity contribution < 1.29 is 9.66 Å². The van der Waals surface area contributed by atoms with Gasteiger partial charge < -0.3 is 9.64 Å². The van der Waals surface area contributed by atoms with Gasteiger partial charge in [0, 0.05) is 22.6 Å². The fraction of sp³-hybridized carbons (Fsp3) is 0.533. The monoisotopic (exact) mass is 287 g/mol. The Morgan fingerprint density at radius 2 is 2.19 bits per heavy atom. The van der Waals surface area contributed by atoms with Crippen LogP contribution in [0.2, 0.25) is 0 Å². The van der Waals surface area contributed by atoms with Crippen molar-refractivity contribution in [3.05, 3.63) is 33.4 Å². The van der Waals surface area contributed by atoms with Crippen molar-refractivity contribution in [3.63, 3.8) is 0 Å². The van der Waals surface area contributed by atoms with Crippen molar-refractivity contribution in [2.45, 2.75) is 24.7 Å². The predicted octanol–water partition coefficient (Wildman–Crippen LogP) is 2.02. The summed E-state index contributed by atoms with van der Waals surface area (Å²) in [7, 11) is 2.09. The van der Waals surface area contributed by atoms with Crippen molar-refractivity contribution >= 4 is 5.69 Å². The molecule has 0 N–H and O–H groups in total. The molecule has 1 spiro atoms. The molecule has 1 aromatic carbocycles. The Kier molecular flexibility index (Phi) is 3.30. The first-order valence-electron chi connectivity index (χ1n) is 7.06. The third-order valence-corrected chi connectivity index (χ3v) is 4.67. The second-order valence-electron chi connectivity index (χ2n) is 5.94. The number of hydrogen-bond donors (Lipinski definition) is 0. The summed E-state index contributed by atoms with van der Waals surface area (Å²) in [6.07, 6.45) is 1.93. The highest BCUT2D eigenvalue weighted by Gasteiger charge is 2.44. The summed E-state index contributed by atoms with van der Waals surface area (Å²) in [5, 5.41) is 20.1. The zero-order valence-electron chi connectivity index (χ0n) is 12.0. The maximum Gasteiger partial charge on any atom is 0.274 e. The largest absolute Gasteiger partial charge is 0.492 e. The van der Waals surface area contributed by atoms with E-state index in [1.54, 1.807) is 12.1 Å². The Morgan fingerprint density at radius 3 is 2.81 bits per heavy atom. The summed E-state index contributed by atoms with van der Waals surface area (Å²) in [6.45, 7) is 2.52. The van der Waals surface area contributed by atoms with Gasteiger partial charge in [0.05, 0.1) is 24.0 Å². The topological polar surface area (TPSA) is 79.4 Å². The van der Waals surface area contributed by atoms with Crippen LogP contribution in [-0.2, 0) is 11.8 Å². The zero-order chi connectivity index (χ0) is 15.0. The van der Waals surface area contributed by atoms with Gasteiger partial charge in [-0.25, -0.2) is 0 Å². The number of likely N-dealkylation sites (tertiary alicyclic amines) is 1. The van der Waals surface area contributed by atoms with E-state index in [0.717, 1.165) is 37.2 Å². The van der Waals surface area contributed by atoms with Crippen molar-refractivity contribution in [1.29, 1.82) is 5.26 Å². The molecule has 0 amide bonds. The normalized spacial score (nSPS) is 19.8. The smallest absolute Gasteiger partial charge is 0.274 e. The quantitative estimate of drug-likeness (QED) is 0.614. The highest BCUT2D eigenvalue weighted by Crippen LogP contribution is 2.47. The minimum absolute atomic E-state index is 0.0304. The van der Waals surface area contributed by atoms with E-state index in [9.17, 15) is 10.1 Å². The van der Waals surface area contributed by atoms with Crippen LogP contribution >= 0.6 is 0 Å². The van der Waals surface area contributed by atoms with E-state index >= 15 is 0 Å². The molecule has 0 aliphatic carbocycles. The molecule has 0 radical (unpaired) electrons. The van der Waals surface area contributed by atoms with Gasteiger partial charge in [-0.3, -0.25) is 10.1 Å². The van der Waals surface area contributed by atoms with Gasteiger partial charge in [-0.05, 0) is 39.0 Å². The van der Waals surface area contributed by atoms with E-state index in [0.29, 0.717) is 12.2 Å². The molecule has 2 aliphatic heterocycles. The standard InChI is InChI=1S/C15H17N3O3/c1-17-6-3-15(4-7-17)10-21-14-8-11(2-5-16)13(18(19)20)9-12(14)15/h8-9H,2-4,6-7,10H2,1H3. The second-order valence-corrected chi connectivity index (χ2v) is 5.94. The molecule has 0 atom stereocenters. The second kappa shape index (κ2) is 5.01. The number of nitro benzene ring substituents is 1. The number of benzene rings is 1. The van der Waals surface area contributed by atoms with E-state index in [4.69, 9.17) is 10.00 Å². The number of nitriles is 1. The minimum Gasteiger partial charge on any atom is -0.492 e. The van der Waals surface area contributed by atoms with Crippen LogP contribution in [0.25, 0.3) is 0 Å². The molecular weight excluding hydrogens is 270 g/mol. The zero-order valence-corrected chi connectivity index (χ0v) is 12.0. The molecule has 110 valence electrons. The number of fused-ring (bicyclic) bond motifs is 2. The van der Waals surface area contributed by atoms with Crippen LogP contribution < -0.4 is 4.74 Å². The molecule has 0 saturated carbocycles. The van der Waals surface area contributed by atoms with Gasteiger partial charge in [0.15, 0.2) is 0 Å². The lowest BCUT2D eigenvalue weighted by molar-refractivity contribution is -0.385. The van der Waals surface area contributed by atoms with Gasteiger partial charge in [0.25, 0.3) is 5.69 Å². The first kappa shape index (κ1) is 13.8. The van der Waals surface area contributed by atoms with Crippen LogP contribution in [0.3, 0.4) is 0 Å². The maximum atomic E-state index is 11.3. The fourth-order valence-electron chi connectivity index (χ4n) is 3.29. The fourth-order valence-corrected chi connectivity index (χ4v) is 3.29. The Morgan fingerprint density at radius 1 is 1.48 bits per heavy atom. The summed E-state index contributed by atoms with van der Waals surface area (Å²) in [5.74, 6) is 0.718. The molecule has 0 bridgehead atoms. The van der Waals surface area contributed by atoms with Gasteiger partial charge in [0.1, 0.15) is 5.75 Å². The van der Waals surface area contributed by atoms with Gasteiger partial charge in [0.2, 0.25) is 0 Å². The first-order chi connectivity index (χ1) is 10.1. The van der Waals surface area contributed by atoms with E-state index in [2.05, 4.69) is 11.9 Å². The van der Waals surface area contributed by atoms with Crippen LogP contribution in [0.4, 0.5) is 5.69 Å². The lowest BCUT2D eigenvalue weighted by atomic mass is 9.74. The van der Waals surface area contributed by atoms with Gasteiger partial charge in [-0.2, -0.15) is 5.26 Å². The van der Waals surface area contributed by atoms with Crippen LogP contribution in [0, 0.1) is 21.4 Å². The Labute approximate surface area is 123 Å².